The highest BCUT2D eigenvalue weighted by atomic mass is 16.1. The van der Waals surface area contributed by atoms with Gasteiger partial charge in [0.05, 0.1) is 29.8 Å². The summed E-state index contributed by atoms with van der Waals surface area (Å²) in [5.74, 6) is -0.0899. The molecule has 2 N–H and O–H groups in total. The van der Waals surface area contributed by atoms with Crippen LogP contribution in [0.1, 0.15) is 34.9 Å². The molecule has 0 radical (unpaired) electrons. The molecule has 0 saturated heterocycles. The predicted octanol–water partition coefficient (Wildman–Crippen LogP) is 3.18. The lowest BCUT2D eigenvalue weighted by atomic mass is 9.90. The Morgan fingerprint density at radius 1 is 1.15 bits per heavy atom. The molecule has 27 heavy (non-hydrogen) atoms. The van der Waals surface area contributed by atoms with Gasteiger partial charge in [-0.15, -0.1) is 0 Å². The molecule has 134 valence electrons. The normalized spacial score (nSPS) is 16.8. The van der Waals surface area contributed by atoms with Gasteiger partial charge in [-0.3, -0.25) is 9.89 Å². The fraction of sp³-hybridized carbons (Fsp3) is 0.190. The van der Waals surface area contributed by atoms with Gasteiger partial charge in [-0.2, -0.15) is 5.10 Å². The second-order valence-corrected chi connectivity index (χ2v) is 6.93. The van der Waals surface area contributed by atoms with Crippen molar-refractivity contribution < 1.29 is 4.79 Å². The van der Waals surface area contributed by atoms with Crippen LogP contribution in [0, 0.1) is 6.92 Å². The summed E-state index contributed by atoms with van der Waals surface area (Å²) in [4.78, 5) is 17.3. The lowest BCUT2D eigenvalue weighted by Gasteiger charge is -2.16. The van der Waals surface area contributed by atoms with Gasteiger partial charge in [0.15, 0.2) is 0 Å². The molecule has 0 bridgehead atoms. The molecule has 6 heteroatoms. The number of pyridine rings is 1. The minimum Gasteiger partial charge on any atom is -0.350 e. The first-order valence-corrected chi connectivity index (χ1v) is 9.04. The number of hydrogen-bond acceptors (Lipinski definition) is 3. The van der Waals surface area contributed by atoms with Crippen LogP contribution < -0.4 is 5.32 Å². The van der Waals surface area contributed by atoms with E-state index in [2.05, 4.69) is 32.9 Å². The van der Waals surface area contributed by atoms with Crippen LogP contribution in [0.3, 0.4) is 0 Å². The Morgan fingerprint density at radius 3 is 2.85 bits per heavy atom. The highest BCUT2D eigenvalue weighted by Crippen LogP contribution is 2.37. The van der Waals surface area contributed by atoms with Crippen molar-refractivity contribution in [2.75, 3.05) is 0 Å². The van der Waals surface area contributed by atoms with Gasteiger partial charge in [0.25, 0.3) is 0 Å². The zero-order valence-electron chi connectivity index (χ0n) is 14.9. The maximum absolute atomic E-state index is 12.4. The summed E-state index contributed by atoms with van der Waals surface area (Å²) in [6.45, 7) is 2.51. The molecule has 1 aromatic carbocycles. The van der Waals surface area contributed by atoms with Crippen molar-refractivity contribution >= 4 is 11.6 Å². The third kappa shape index (κ3) is 2.52. The number of nitrogens with zero attached hydrogens (tertiary/aromatic N) is 3. The second kappa shape index (κ2) is 6.09. The number of aromatic nitrogens is 4. The Bertz CT molecular complexity index is 1140. The third-order valence-electron chi connectivity index (χ3n) is 5.24. The Balaban J connectivity index is 1.74. The second-order valence-electron chi connectivity index (χ2n) is 6.93. The molecule has 1 atom stereocenters. The van der Waals surface area contributed by atoms with Crippen molar-refractivity contribution in [2.45, 2.75) is 25.8 Å². The largest absolute Gasteiger partial charge is 0.350 e. The van der Waals surface area contributed by atoms with Crippen LogP contribution in [0.25, 0.3) is 16.9 Å². The van der Waals surface area contributed by atoms with Gasteiger partial charge in [0, 0.05) is 24.1 Å². The molecular weight excluding hydrogens is 338 g/mol. The maximum Gasteiger partial charge on any atom is 0.221 e. The number of aromatic amines is 1. The highest BCUT2D eigenvalue weighted by molar-refractivity contribution is 5.79. The average molecular weight is 357 g/mol. The van der Waals surface area contributed by atoms with Crippen LogP contribution >= 0.6 is 0 Å². The number of benzene rings is 1. The topological polar surface area (TPSA) is 75.1 Å². The Kier molecular flexibility index (Phi) is 3.57. The lowest BCUT2D eigenvalue weighted by molar-refractivity contribution is -0.121. The molecule has 0 unspecified atom stereocenters. The number of aryl methyl sites for hydroxylation is 1. The average Bonchev–Trinajstić information content (AvgIpc) is 3.27. The lowest BCUT2D eigenvalue weighted by Crippen LogP contribution is -2.21. The van der Waals surface area contributed by atoms with Crippen LogP contribution in [0.15, 0.2) is 54.9 Å². The van der Waals surface area contributed by atoms with Crippen molar-refractivity contribution in [1.82, 2.24) is 24.9 Å². The zero-order chi connectivity index (χ0) is 18.4. The molecule has 5 rings (SSSR count). The van der Waals surface area contributed by atoms with E-state index in [0.29, 0.717) is 13.0 Å². The number of rotatable bonds is 2. The summed E-state index contributed by atoms with van der Waals surface area (Å²) >= 11 is 0. The Morgan fingerprint density at radius 2 is 2.00 bits per heavy atom. The summed E-state index contributed by atoms with van der Waals surface area (Å²) in [7, 11) is 0. The minimum atomic E-state index is -0.117. The smallest absolute Gasteiger partial charge is 0.221 e. The van der Waals surface area contributed by atoms with Crippen molar-refractivity contribution in [3.05, 3.63) is 77.4 Å². The molecule has 0 fully saturated rings. The SMILES string of the molecule is Cc1cccn2c3c(nc12)CNC(=O)C[C@@H]3c1cn[nH]c1-c1ccccc1. The maximum atomic E-state index is 12.4. The van der Waals surface area contributed by atoms with Crippen LogP contribution in [-0.2, 0) is 11.3 Å². The van der Waals surface area contributed by atoms with Crippen molar-refractivity contribution in [2.24, 2.45) is 0 Å². The third-order valence-corrected chi connectivity index (χ3v) is 5.24. The fourth-order valence-corrected chi connectivity index (χ4v) is 3.96. The van der Waals surface area contributed by atoms with Gasteiger partial charge in [0.2, 0.25) is 5.91 Å². The van der Waals surface area contributed by atoms with E-state index in [-0.39, 0.29) is 11.8 Å². The first kappa shape index (κ1) is 15.8. The minimum absolute atomic E-state index is 0.0274. The summed E-state index contributed by atoms with van der Waals surface area (Å²) in [6.07, 6.45) is 4.23. The molecule has 3 aromatic heterocycles. The summed E-state index contributed by atoms with van der Waals surface area (Å²) in [5, 5.41) is 10.4. The summed E-state index contributed by atoms with van der Waals surface area (Å²) in [5.41, 5.74) is 7.05. The van der Waals surface area contributed by atoms with E-state index < -0.39 is 0 Å². The van der Waals surface area contributed by atoms with Crippen LogP contribution in [0.2, 0.25) is 0 Å². The van der Waals surface area contributed by atoms with Gasteiger partial charge in [-0.25, -0.2) is 4.98 Å². The van der Waals surface area contributed by atoms with Gasteiger partial charge >= 0.3 is 0 Å². The quantitative estimate of drug-likeness (QED) is 0.578. The van der Waals surface area contributed by atoms with E-state index in [1.54, 1.807) is 0 Å². The number of carbonyl (C=O) groups is 1. The monoisotopic (exact) mass is 357 g/mol. The molecule has 4 heterocycles. The van der Waals surface area contributed by atoms with Gasteiger partial charge in [-0.1, -0.05) is 36.4 Å². The number of imidazole rings is 1. The first-order chi connectivity index (χ1) is 13.2. The van der Waals surface area contributed by atoms with E-state index in [4.69, 9.17) is 4.98 Å². The summed E-state index contributed by atoms with van der Waals surface area (Å²) in [6, 6.07) is 14.2. The first-order valence-electron chi connectivity index (χ1n) is 9.04. The number of fused-ring (bicyclic) bond motifs is 3. The van der Waals surface area contributed by atoms with Crippen molar-refractivity contribution in [3.63, 3.8) is 0 Å². The van der Waals surface area contributed by atoms with Crippen LogP contribution in [0.5, 0.6) is 0 Å². The number of carbonyl (C=O) groups excluding carboxylic acids is 1. The van der Waals surface area contributed by atoms with Crippen molar-refractivity contribution in [3.8, 4) is 11.3 Å². The molecule has 1 amide bonds. The highest BCUT2D eigenvalue weighted by Gasteiger charge is 2.31. The molecule has 1 aliphatic heterocycles. The molecule has 0 spiro atoms. The van der Waals surface area contributed by atoms with Crippen molar-refractivity contribution in [1.29, 1.82) is 0 Å². The van der Waals surface area contributed by atoms with E-state index >= 15 is 0 Å². The fourth-order valence-electron chi connectivity index (χ4n) is 3.96. The van der Waals surface area contributed by atoms with Crippen LogP contribution in [0.4, 0.5) is 0 Å². The molecule has 6 nitrogen and oxygen atoms in total. The number of amides is 1. The molecular formula is C21H19N5O. The number of nitrogens with one attached hydrogen (secondary N) is 2. The molecule has 0 saturated carbocycles. The molecule has 0 aliphatic carbocycles. The molecule has 4 aromatic rings. The van der Waals surface area contributed by atoms with E-state index in [1.807, 2.05) is 48.8 Å². The summed E-state index contributed by atoms with van der Waals surface area (Å²) < 4.78 is 2.12. The van der Waals surface area contributed by atoms with Crippen LogP contribution in [-0.4, -0.2) is 25.5 Å². The van der Waals surface area contributed by atoms with E-state index in [9.17, 15) is 4.79 Å². The predicted molar refractivity (Wildman–Crippen MR) is 102 cm³/mol. The molecule has 1 aliphatic rings. The Hall–Kier alpha value is -3.41. The number of H-pyrrole nitrogens is 1. The Labute approximate surface area is 156 Å². The van der Waals surface area contributed by atoms with E-state index in [1.165, 1.54) is 0 Å². The number of hydrogen-bond donors (Lipinski definition) is 2. The zero-order valence-corrected chi connectivity index (χ0v) is 14.9. The van der Waals surface area contributed by atoms with Gasteiger partial charge in [-0.05, 0) is 24.1 Å². The standard InChI is InChI=1S/C21H19N5O/c1-13-6-5-9-26-20-15(10-18(27)22-12-17(20)24-21(13)26)16-11-23-25-19(16)14-7-3-2-4-8-14/h2-9,11,15H,10,12H2,1H3,(H,22,27)(H,23,25)/t15-/m1/s1. The van der Waals surface area contributed by atoms with Gasteiger partial charge in [0.1, 0.15) is 5.65 Å². The van der Waals surface area contributed by atoms with Gasteiger partial charge < -0.3 is 9.72 Å². The van der Waals surface area contributed by atoms with E-state index in [0.717, 1.165) is 39.4 Å².